The Kier molecular flexibility index (Phi) is 18.2. The molecular weight excluding hydrogens is 562 g/mol. The van der Waals surface area contributed by atoms with E-state index in [4.69, 9.17) is 9.47 Å². The van der Waals surface area contributed by atoms with Gasteiger partial charge in [0.05, 0.1) is 18.8 Å². The van der Waals surface area contributed by atoms with Crippen LogP contribution >= 0.6 is 0 Å². The lowest BCUT2D eigenvalue weighted by Gasteiger charge is -2.38. The molecule has 0 aromatic heterocycles. The first-order valence-electron chi connectivity index (χ1n) is 17.9. The number of aliphatic hydroxyl groups excluding tert-OH is 1. The molecule has 2 aromatic rings. The normalized spacial score (nSPS) is 18.3. The summed E-state index contributed by atoms with van der Waals surface area (Å²) in [6, 6.07) is 16.1. The van der Waals surface area contributed by atoms with Gasteiger partial charge in [-0.2, -0.15) is 0 Å². The Bertz CT molecular complexity index is 1030. The van der Waals surface area contributed by atoms with Gasteiger partial charge in [-0.05, 0) is 49.5 Å². The first-order valence-corrected chi connectivity index (χ1v) is 17.9. The number of rotatable bonds is 22. The van der Waals surface area contributed by atoms with Crippen LogP contribution in [0.2, 0.25) is 0 Å². The van der Waals surface area contributed by atoms with Crippen LogP contribution in [0, 0.1) is 0 Å². The third-order valence-electron chi connectivity index (χ3n) is 8.77. The van der Waals surface area contributed by atoms with Gasteiger partial charge in [-0.3, -0.25) is 0 Å². The number of benzene rings is 2. The fourth-order valence-corrected chi connectivity index (χ4v) is 6.04. The predicted molar refractivity (Wildman–Crippen MR) is 184 cm³/mol. The van der Waals surface area contributed by atoms with Crippen LogP contribution in [0.25, 0.3) is 0 Å². The van der Waals surface area contributed by atoms with Crippen LogP contribution in [0.3, 0.4) is 0 Å². The molecule has 2 aromatic carbocycles. The van der Waals surface area contributed by atoms with Gasteiger partial charge in [-0.1, -0.05) is 127 Å². The van der Waals surface area contributed by atoms with E-state index in [1.165, 1.54) is 77.0 Å². The van der Waals surface area contributed by atoms with Crippen molar-refractivity contribution >= 4 is 6.03 Å². The molecule has 1 saturated heterocycles. The summed E-state index contributed by atoms with van der Waals surface area (Å²) in [7, 11) is 0. The molecule has 1 fully saturated rings. The van der Waals surface area contributed by atoms with Crippen LogP contribution in [-0.4, -0.2) is 48.3 Å². The summed E-state index contributed by atoms with van der Waals surface area (Å²) in [6.45, 7) is 10.7. The third-order valence-corrected chi connectivity index (χ3v) is 8.77. The van der Waals surface area contributed by atoms with E-state index in [1.54, 1.807) is 0 Å². The molecule has 1 aliphatic rings. The maximum absolute atomic E-state index is 11.8. The second-order valence-corrected chi connectivity index (χ2v) is 12.6. The van der Waals surface area contributed by atoms with Crippen LogP contribution in [0.15, 0.2) is 48.5 Å². The minimum Gasteiger partial charge on any atom is -0.392 e. The summed E-state index contributed by atoms with van der Waals surface area (Å²) >= 11 is 0. The first-order chi connectivity index (χ1) is 22.1. The molecule has 3 rings (SSSR count). The van der Waals surface area contributed by atoms with Crippen molar-refractivity contribution in [3.05, 3.63) is 70.8 Å². The Morgan fingerprint density at radius 2 is 1.29 bits per heavy atom. The molecular formula is C38H61N3O4. The molecule has 7 heteroatoms. The Hall–Kier alpha value is -2.45. The van der Waals surface area contributed by atoms with Gasteiger partial charge in [0.1, 0.15) is 0 Å². The molecule has 252 valence electrons. The molecule has 2 amide bonds. The summed E-state index contributed by atoms with van der Waals surface area (Å²) in [5.74, 6) is 0. The lowest BCUT2D eigenvalue weighted by Crippen LogP contribution is -2.40. The van der Waals surface area contributed by atoms with Crippen molar-refractivity contribution in [1.82, 2.24) is 15.5 Å². The monoisotopic (exact) mass is 623 g/mol. The average molecular weight is 624 g/mol. The van der Waals surface area contributed by atoms with Gasteiger partial charge in [0.2, 0.25) is 0 Å². The molecule has 3 unspecified atom stereocenters. The molecule has 1 aliphatic heterocycles. The fraction of sp³-hybridized carbons (Fsp3) is 0.658. The van der Waals surface area contributed by atoms with Crippen molar-refractivity contribution in [2.45, 2.75) is 136 Å². The maximum atomic E-state index is 11.8. The van der Waals surface area contributed by atoms with E-state index in [2.05, 4.69) is 53.6 Å². The second-order valence-electron chi connectivity index (χ2n) is 12.6. The SMILES string of the molecule is CCCCCCCCN(CCCCCCCC)CC1CC(c2ccc(CO)cc2)OC(c2ccc(CNC(=O)NCC)cc2)O1. The molecule has 7 nitrogen and oxygen atoms in total. The molecule has 0 saturated carbocycles. The Morgan fingerprint density at radius 1 is 0.733 bits per heavy atom. The minimum atomic E-state index is -0.471. The summed E-state index contributed by atoms with van der Waals surface area (Å²) in [4.78, 5) is 14.5. The Labute approximate surface area is 273 Å². The van der Waals surface area contributed by atoms with Gasteiger partial charge in [0.25, 0.3) is 0 Å². The van der Waals surface area contributed by atoms with Crippen molar-refractivity contribution in [2.24, 2.45) is 0 Å². The van der Waals surface area contributed by atoms with E-state index in [-0.39, 0.29) is 24.8 Å². The van der Waals surface area contributed by atoms with Gasteiger partial charge in [-0.15, -0.1) is 0 Å². The van der Waals surface area contributed by atoms with E-state index in [0.717, 1.165) is 48.3 Å². The summed E-state index contributed by atoms with van der Waals surface area (Å²) in [5, 5.41) is 15.2. The van der Waals surface area contributed by atoms with Crippen molar-refractivity contribution in [3.8, 4) is 0 Å². The van der Waals surface area contributed by atoms with Crippen LogP contribution in [0.1, 0.15) is 139 Å². The highest BCUT2D eigenvalue weighted by molar-refractivity contribution is 5.73. The number of amides is 2. The summed E-state index contributed by atoms with van der Waals surface area (Å²) in [5.41, 5.74) is 4.03. The highest BCUT2D eigenvalue weighted by Gasteiger charge is 2.33. The third kappa shape index (κ3) is 14.2. The number of urea groups is 1. The van der Waals surface area contributed by atoms with Crippen molar-refractivity contribution in [3.63, 3.8) is 0 Å². The topological polar surface area (TPSA) is 83.1 Å². The van der Waals surface area contributed by atoms with E-state index in [9.17, 15) is 9.90 Å². The number of nitrogens with zero attached hydrogens (tertiary/aromatic N) is 1. The zero-order valence-electron chi connectivity index (χ0n) is 28.4. The standard InChI is InChI=1S/C38H61N3O4/c1-4-7-9-11-13-15-25-41(26-16-14-12-10-8-5-2)29-35-27-36(33-21-19-32(30-42)20-22-33)45-37(44-35)34-23-17-31(18-24-34)28-40-38(43)39-6-3/h17-24,35-37,42H,4-16,25-30H2,1-3H3,(H2,39,40,43). The van der Waals surface area contributed by atoms with E-state index >= 15 is 0 Å². The zero-order chi connectivity index (χ0) is 32.1. The van der Waals surface area contributed by atoms with Crippen LogP contribution < -0.4 is 10.6 Å². The highest BCUT2D eigenvalue weighted by Crippen LogP contribution is 2.38. The molecule has 0 spiro atoms. The quantitative estimate of drug-likeness (QED) is 0.115. The van der Waals surface area contributed by atoms with E-state index in [1.807, 2.05) is 31.2 Å². The predicted octanol–water partition coefficient (Wildman–Crippen LogP) is 8.57. The van der Waals surface area contributed by atoms with Crippen LogP contribution in [0.5, 0.6) is 0 Å². The first kappa shape index (κ1) is 37.0. The number of nitrogens with one attached hydrogen (secondary N) is 2. The van der Waals surface area contributed by atoms with Crippen molar-refractivity contribution < 1.29 is 19.4 Å². The number of hydrogen-bond acceptors (Lipinski definition) is 5. The van der Waals surface area contributed by atoms with Gasteiger partial charge < -0.3 is 30.1 Å². The van der Waals surface area contributed by atoms with Crippen LogP contribution in [0.4, 0.5) is 4.79 Å². The fourth-order valence-electron chi connectivity index (χ4n) is 6.04. The van der Waals surface area contributed by atoms with Gasteiger partial charge in [-0.25, -0.2) is 4.79 Å². The van der Waals surface area contributed by atoms with Gasteiger partial charge in [0, 0.05) is 31.6 Å². The Balaban J connectivity index is 1.69. The molecule has 3 atom stereocenters. The van der Waals surface area contributed by atoms with Crippen molar-refractivity contribution in [2.75, 3.05) is 26.2 Å². The molecule has 45 heavy (non-hydrogen) atoms. The van der Waals surface area contributed by atoms with E-state index < -0.39 is 6.29 Å². The van der Waals surface area contributed by atoms with Crippen LogP contribution in [-0.2, 0) is 22.6 Å². The average Bonchev–Trinajstić information content (AvgIpc) is 3.07. The molecule has 0 aliphatic carbocycles. The minimum absolute atomic E-state index is 0.0350. The number of ether oxygens (including phenoxy) is 2. The number of carbonyl (C=O) groups is 1. The highest BCUT2D eigenvalue weighted by atomic mass is 16.7. The van der Waals surface area contributed by atoms with E-state index in [0.29, 0.717) is 13.1 Å². The lowest BCUT2D eigenvalue weighted by molar-refractivity contribution is -0.253. The van der Waals surface area contributed by atoms with Gasteiger partial charge in [0.15, 0.2) is 6.29 Å². The maximum Gasteiger partial charge on any atom is 0.315 e. The summed E-state index contributed by atoms with van der Waals surface area (Å²) in [6.07, 6.45) is 15.9. The molecule has 3 N–H and O–H groups in total. The number of aliphatic hydroxyl groups is 1. The van der Waals surface area contributed by atoms with Gasteiger partial charge >= 0.3 is 6.03 Å². The molecule has 0 bridgehead atoms. The molecule has 0 radical (unpaired) electrons. The largest absolute Gasteiger partial charge is 0.392 e. The lowest BCUT2D eigenvalue weighted by atomic mass is 9.99. The zero-order valence-corrected chi connectivity index (χ0v) is 28.4. The van der Waals surface area contributed by atoms with Crippen molar-refractivity contribution in [1.29, 1.82) is 0 Å². The second kappa shape index (κ2) is 22.1. The Morgan fingerprint density at radius 3 is 1.87 bits per heavy atom. The number of carbonyl (C=O) groups excluding carboxylic acids is 1. The molecule has 1 heterocycles. The smallest absolute Gasteiger partial charge is 0.315 e. The summed E-state index contributed by atoms with van der Waals surface area (Å²) < 4.78 is 13.3. The number of hydrogen-bond donors (Lipinski definition) is 3. The number of unbranched alkanes of at least 4 members (excludes halogenated alkanes) is 10.